The lowest BCUT2D eigenvalue weighted by Crippen LogP contribution is -2.19. The van der Waals surface area contributed by atoms with Crippen molar-refractivity contribution in [2.45, 2.75) is 6.61 Å². The van der Waals surface area contributed by atoms with Gasteiger partial charge in [-0.1, -0.05) is 23.7 Å². The summed E-state index contributed by atoms with van der Waals surface area (Å²) in [5.74, 6) is -1.01. The molecule has 2 rings (SSSR count). The van der Waals surface area contributed by atoms with Gasteiger partial charge in [-0.15, -0.1) is 0 Å². The minimum absolute atomic E-state index is 0.0337. The molecule has 0 aliphatic rings. The molecular weight excluding hydrogens is 295 g/mol. The van der Waals surface area contributed by atoms with Crippen molar-refractivity contribution in [1.82, 2.24) is 0 Å². The minimum atomic E-state index is -0.549. The van der Waals surface area contributed by atoms with Crippen molar-refractivity contribution < 1.29 is 13.9 Å². The molecule has 0 aliphatic heterocycles. The summed E-state index contributed by atoms with van der Waals surface area (Å²) < 4.78 is 18.7. The Morgan fingerprint density at radius 2 is 2.10 bits per heavy atom. The lowest BCUT2D eigenvalue weighted by Gasteiger charge is -2.08. The fraction of sp³-hybridized carbons (Fsp3) is 0.133. The molecule has 6 heteroatoms. The molecule has 0 atom stereocenters. The first-order valence-corrected chi connectivity index (χ1v) is 6.59. The molecule has 21 heavy (non-hydrogen) atoms. The molecule has 0 saturated carbocycles. The molecule has 2 aromatic rings. The zero-order valence-corrected chi connectivity index (χ0v) is 11.9. The smallest absolute Gasteiger partial charge is 0.250 e. The molecule has 1 amide bonds. The van der Waals surface area contributed by atoms with E-state index in [9.17, 15) is 9.18 Å². The first-order chi connectivity index (χ1) is 10.0. The predicted octanol–water partition coefficient (Wildman–Crippen LogP) is 3.22. The number of halogens is 2. The number of amides is 1. The van der Waals surface area contributed by atoms with Gasteiger partial charge in [-0.25, -0.2) is 4.39 Å². The standard InChI is InChI=1S/C15H14ClFN2O2/c16-11-3-1-2-10(6-11)8-21-9-15(20)19-14-7-12(18)4-5-13(14)17/h1-7H,8-9,18H2,(H,19,20). The number of ether oxygens (including phenoxy) is 1. The summed E-state index contributed by atoms with van der Waals surface area (Å²) in [6.45, 7) is 0.0497. The highest BCUT2D eigenvalue weighted by Gasteiger charge is 2.07. The lowest BCUT2D eigenvalue weighted by atomic mass is 10.2. The van der Waals surface area contributed by atoms with Crippen LogP contribution < -0.4 is 11.1 Å². The Kier molecular flexibility index (Phi) is 5.14. The van der Waals surface area contributed by atoms with Crippen LogP contribution in [0.4, 0.5) is 15.8 Å². The van der Waals surface area contributed by atoms with Crippen LogP contribution in [0.2, 0.25) is 5.02 Å². The number of carbonyl (C=O) groups excluding carboxylic acids is 1. The van der Waals surface area contributed by atoms with Crippen molar-refractivity contribution in [2.75, 3.05) is 17.7 Å². The summed E-state index contributed by atoms with van der Waals surface area (Å²) in [5.41, 5.74) is 6.78. The zero-order valence-electron chi connectivity index (χ0n) is 11.1. The Morgan fingerprint density at radius 1 is 1.29 bits per heavy atom. The number of nitrogen functional groups attached to an aromatic ring is 1. The van der Waals surface area contributed by atoms with Gasteiger partial charge in [-0.3, -0.25) is 4.79 Å². The van der Waals surface area contributed by atoms with Crippen LogP contribution in [0.25, 0.3) is 0 Å². The van der Waals surface area contributed by atoms with Crippen molar-refractivity contribution in [2.24, 2.45) is 0 Å². The number of hydrogen-bond acceptors (Lipinski definition) is 3. The van der Waals surface area contributed by atoms with Gasteiger partial charge < -0.3 is 15.8 Å². The lowest BCUT2D eigenvalue weighted by molar-refractivity contribution is -0.121. The van der Waals surface area contributed by atoms with E-state index in [0.29, 0.717) is 10.7 Å². The van der Waals surface area contributed by atoms with E-state index >= 15 is 0 Å². The van der Waals surface area contributed by atoms with Gasteiger partial charge >= 0.3 is 0 Å². The molecule has 0 unspecified atom stereocenters. The highest BCUT2D eigenvalue weighted by molar-refractivity contribution is 6.30. The van der Waals surface area contributed by atoms with Crippen molar-refractivity contribution in [3.05, 3.63) is 58.9 Å². The average Bonchev–Trinajstić information content (AvgIpc) is 2.43. The van der Waals surface area contributed by atoms with E-state index in [1.807, 2.05) is 6.07 Å². The van der Waals surface area contributed by atoms with Crippen LogP contribution in [0.5, 0.6) is 0 Å². The fourth-order valence-corrected chi connectivity index (χ4v) is 1.93. The molecule has 0 spiro atoms. The van der Waals surface area contributed by atoms with Crippen molar-refractivity contribution in [3.8, 4) is 0 Å². The highest BCUT2D eigenvalue weighted by atomic mass is 35.5. The number of nitrogens with two attached hydrogens (primary N) is 1. The van der Waals surface area contributed by atoms with E-state index in [0.717, 1.165) is 5.56 Å². The van der Waals surface area contributed by atoms with Crippen LogP contribution in [-0.4, -0.2) is 12.5 Å². The predicted molar refractivity (Wildman–Crippen MR) is 80.6 cm³/mol. The maximum Gasteiger partial charge on any atom is 0.250 e. The van der Waals surface area contributed by atoms with Crippen molar-refractivity contribution >= 4 is 28.9 Å². The maximum absolute atomic E-state index is 13.4. The summed E-state index contributed by atoms with van der Waals surface area (Å²) in [6, 6.07) is 11.1. The number of nitrogens with one attached hydrogen (secondary N) is 1. The molecule has 4 nitrogen and oxygen atoms in total. The Balaban J connectivity index is 1.84. The molecule has 0 bridgehead atoms. The fourth-order valence-electron chi connectivity index (χ4n) is 1.71. The molecule has 0 heterocycles. The largest absolute Gasteiger partial charge is 0.399 e. The Bertz CT molecular complexity index is 649. The molecule has 0 fully saturated rings. The van der Waals surface area contributed by atoms with Gasteiger partial charge in [-0.2, -0.15) is 0 Å². The molecule has 2 aromatic carbocycles. The number of rotatable bonds is 5. The molecule has 0 saturated heterocycles. The van der Waals surface area contributed by atoms with Gasteiger partial charge in [-0.05, 0) is 35.9 Å². The molecule has 0 radical (unpaired) electrons. The molecule has 0 aliphatic carbocycles. The third-order valence-corrected chi connectivity index (χ3v) is 2.89. The van der Waals surface area contributed by atoms with E-state index in [-0.39, 0.29) is 18.9 Å². The molecular formula is C15H14ClFN2O2. The van der Waals surface area contributed by atoms with Crippen LogP contribution >= 0.6 is 11.6 Å². The Morgan fingerprint density at radius 3 is 2.86 bits per heavy atom. The normalized spacial score (nSPS) is 10.4. The second-order valence-corrected chi connectivity index (χ2v) is 4.85. The van der Waals surface area contributed by atoms with E-state index in [1.165, 1.54) is 18.2 Å². The summed E-state index contributed by atoms with van der Waals surface area (Å²) in [5, 5.41) is 3.00. The van der Waals surface area contributed by atoms with Gasteiger partial charge in [0, 0.05) is 10.7 Å². The van der Waals surface area contributed by atoms with E-state index in [4.69, 9.17) is 22.1 Å². The van der Waals surface area contributed by atoms with Gasteiger partial charge in [0.15, 0.2) is 0 Å². The van der Waals surface area contributed by atoms with Crippen LogP contribution in [0.1, 0.15) is 5.56 Å². The average molecular weight is 309 g/mol. The first-order valence-electron chi connectivity index (χ1n) is 6.21. The first kappa shape index (κ1) is 15.3. The molecule has 110 valence electrons. The number of hydrogen-bond donors (Lipinski definition) is 2. The second-order valence-electron chi connectivity index (χ2n) is 4.41. The van der Waals surface area contributed by atoms with Gasteiger partial charge in [0.05, 0.1) is 12.3 Å². The van der Waals surface area contributed by atoms with Crippen LogP contribution in [0, 0.1) is 5.82 Å². The summed E-state index contributed by atoms with van der Waals surface area (Å²) in [7, 11) is 0. The van der Waals surface area contributed by atoms with Gasteiger partial charge in [0.2, 0.25) is 5.91 Å². The van der Waals surface area contributed by atoms with Gasteiger partial charge in [0.1, 0.15) is 12.4 Å². The highest BCUT2D eigenvalue weighted by Crippen LogP contribution is 2.17. The summed E-state index contributed by atoms with van der Waals surface area (Å²) >= 11 is 5.84. The maximum atomic E-state index is 13.4. The van der Waals surface area contributed by atoms with Crippen LogP contribution in [-0.2, 0) is 16.1 Å². The SMILES string of the molecule is Nc1ccc(F)c(NC(=O)COCc2cccc(Cl)c2)c1. The number of carbonyl (C=O) groups is 1. The zero-order chi connectivity index (χ0) is 15.2. The van der Waals surface area contributed by atoms with E-state index in [1.54, 1.807) is 18.2 Å². The number of anilines is 2. The topological polar surface area (TPSA) is 64.3 Å². The summed E-state index contributed by atoms with van der Waals surface area (Å²) in [6.07, 6.45) is 0. The van der Waals surface area contributed by atoms with Gasteiger partial charge in [0.25, 0.3) is 0 Å². The third-order valence-electron chi connectivity index (χ3n) is 2.66. The van der Waals surface area contributed by atoms with Crippen LogP contribution in [0.3, 0.4) is 0 Å². The van der Waals surface area contributed by atoms with E-state index < -0.39 is 11.7 Å². The molecule has 3 N–H and O–H groups in total. The Labute approximate surface area is 126 Å². The van der Waals surface area contributed by atoms with Crippen molar-refractivity contribution in [3.63, 3.8) is 0 Å². The monoisotopic (exact) mass is 308 g/mol. The third kappa shape index (κ3) is 4.73. The Hall–Kier alpha value is -2.11. The quantitative estimate of drug-likeness (QED) is 0.834. The van der Waals surface area contributed by atoms with E-state index in [2.05, 4.69) is 5.32 Å². The molecule has 0 aromatic heterocycles. The number of benzene rings is 2. The second kappa shape index (κ2) is 7.06. The van der Waals surface area contributed by atoms with Crippen LogP contribution in [0.15, 0.2) is 42.5 Å². The minimum Gasteiger partial charge on any atom is -0.399 e. The van der Waals surface area contributed by atoms with Crippen molar-refractivity contribution in [1.29, 1.82) is 0 Å². The summed E-state index contributed by atoms with van der Waals surface area (Å²) in [4.78, 5) is 11.7.